The number of piperazine rings is 1. The van der Waals surface area contributed by atoms with Gasteiger partial charge < -0.3 is 34.1 Å². The van der Waals surface area contributed by atoms with Crippen molar-refractivity contribution >= 4 is 63.5 Å². The summed E-state index contributed by atoms with van der Waals surface area (Å²) in [4.78, 5) is 74.8. The summed E-state index contributed by atoms with van der Waals surface area (Å²) in [6.45, 7) is 7.32. The fourth-order valence-electron chi connectivity index (χ4n) is 7.33. The average Bonchev–Trinajstić information content (AvgIpc) is 3.50. The average molecular weight is 862 g/mol. The van der Waals surface area contributed by atoms with Crippen molar-refractivity contribution in [2.75, 3.05) is 89.2 Å². The Bertz CT molecular complexity index is 2360. The first-order chi connectivity index (χ1) is 29.6. The number of halogens is 3. The maximum Gasteiger partial charge on any atom is 0.262 e. The largest absolute Gasteiger partial charge is 0.490 e. The summed E-state index contributed by atoms with van der Waals surface area (Å²) in [6, 6.07) is 9.38. The smallest absolute Gasteiger partial charge is 0.262 e. The predicted octanol–water partition coefficient (Wildman–Crippen LogP) is 4.00. The number of hydrogen-bond donors (Lipinski definition) is 2. The minimum atomic E-state index is -1.03. The highest BCUT2D eigenvalue weighted by atomic mass is 35.5. The molecule has 19 heteroatoms. The molecule has 16 nitrogen and oxygen atoms in total. The van der Waals surface area contributed by atoms with Crippen molar-refractivity contribution in [1.82, 2.24) is 25.1 Å². The first kappa shape index (κ1) is 43.0. The monoisotopic (exact) mass is 861 g/mol. The lowest BCUT2D eigenvalue weighted by Gasteiger charge is -2.35. The Morgan fingerprint density at radius 2 is 1.59 bits per heavy atom. The third kappa shape index (κ3) is 9.47. The molecule has 4 aromatic rings. The Kier molecular flexibility index (Phi) is 13.8. The number of rotatable bonds is 18. The summed E-state index contributed by atoms with van der Waals surface area (Å²) in [5.74, 6) is -3.46. The van der Waals surface area contributed by atoms with Gasteiger partial charge in [-0.05, 0) is 48.9 Å². The van der Waals surface area contributed by atoms with E-state index in [1.165, 1.54) is 42.7 Å². The number of nitrogens with zero attached hydrogens (tertiary/aromatic N) is 5. The van der Waals surface area contributed by atoms with Gasteiger partial charge in [-0.15, -0.1) is 0 Å². The number of carbonyl (C=O) groups excluding carboxylic acids is 5. The molecule has 2 fully saturated rings. The van der Waals surface area contributed by atoms with Crippen LogP contribution in [0.4, 0.5) is 20.3 Å². The van der Waals surface area contributed by atoms with E-state index in [1.54, 1.807) is 17.0 Å². The Labute approximate surface area is 353 Å². The highest BCUT2D eigenvalue weighted by Gasteiger charge is 2.44. The number of benzene rings is 3. The molecule has 0 saturated carbocycles. The molecule has 3 aliphatic heterocycles. The Balaban J connectivity index is 0.813. The molecule has 5 amide bonds. The van der Waals surface area contributed by atoms with E-state index in [0.29, 0.717) is 69.4 Å². The van der Waals surface area contributed by atoms with E-state index in [2.05, 4.69) is 27.2 Å². The lowest BCUT2D eigenvalue weighted by molar-refractivity contribution is -0.136. The van der Waals surface area contributed by atoms with Gasteiger partial charge in [-0.1, -0.05) is 24.2 Å². The second-order valence-corrected chi connectivity index (χ2v) is 14.5. The third-order valence-electron chi connectivity index (χ3n) is 10.3. The zero-order valence-electron chi connectivity index (χ0n) is 32.9. The quantitative estimate of drug-likeness (QED) is 0.0833. The molecular weight excluding hydrogens is 820 g/mol. The number of piperidine rings is 1. The Morgan fingerprint density at radius 3 is 2.31 bits per heavy atom. The second-order valence-electron chi connectivity index (χ2n) is 14.1. The molecule has 7 rings (SSSR count). The van der Waals surface area contributed by atoms with E-state index in [4.69, 9.17) is 30.5 Å². The number of anilines is 2. The molecule has 1 aromatic heterocycles. The topological polar surface area (TPSA) is 182 Å². The van der Waals surface area contributed by atoms with Crippen molar-refractivity contribution in [2.45, 2.75) is 18.9 Å². The summed E-state index contributed by atoms with van der Waals surface area (Å²) in [5.41, 5.74) is 0.589. The molecule has 0 bridgehead atoms. The summed E-state index contributed by atoms with van der Waals surface area (Å²) >= 11 is 6.65. The highest BCUT2D eigenvalue weighted by molar-refractivity contribution is 6.34. The number of fused-ring (bicyclic) bond motifs is 2. The van der Waals surface area contributed by atoms with Crippen LogP contribution in [0.1, 0.15) is 33.6 Å². The van der Waals surface area contributed by atoms with E-state index in [9.17, 15) is 24.0 Å². The maximum absolute atomic E-state index is 16.3. The first-order valence-electron chi connectivity index (χ1n) is 19.6. The molecule has 2 N–H and O–H groups in total. The number of carbonyl (C=O) groups is 5. The van der Waals surface area contributed by atoms with Gasteiger partial charge in [0.1, 0.15) is 41.9 Å². The Morgan fingerprint density at radius 1 is 0.885 bits per heavy atom. The third-order valence-corrected chi connectivity index (χ3v) is 10.6. The molecule has 320 valence electrons. The van der Waals surface area contributed by atoms with Crippen LogP contribution in [-0.4, -0.2) is 134 Å². The normalized spacial score (nSPS) is 16.6. The van der Waals surface area contributed by atoms with Gasteiger partial charge in [0.15, 0.2) is 5.82 Å². The second kappa shape index (κ2) is 19.5. The lowest BCUT2D eigenvalue weighted by Crippen LogP contribution is -2.54. The van der Waals surface area contributed by atoms with Crippen LogP contribution in [0, 0.1) is 11.6 Å². The molecule has 4 heterocycles. The fourth-order valence-corrected chi connectivity index (χ4v) is 7.62. The minimum Gasteiger partial charge on any atom is -0.490 e. The van der Waals surface area contributed by atoms with Gasteiger partial charge in [-0.2, -0.15) is 0 Å². The molecule has 3 aliphatic rings. The first-order valence-corrected chi connectivity index (χ1v) is 20.0. The molecule has 61 heavy (non-hydrogen) atoms. The van der Waals surface area contributed by atoms with Gasteiger partial charge in [0.05, 0.1) is 61.4 Å². The highest BCUT2D eigenvalue weighted by Crippen LogP contribution is 2.42. The van der Waals surface area contributed by atoms with E-state index in [-0.39, 0.29) is 83.7 Å². The van der Waals surface area contributed by atoms with Gasteiger partial charge in [0.2, 0.25) is 17.7 Å². The van der Waals surface area contributed by atoms with Crippen LogP contribution in [0.15, 0.2) is 61.4 Å². The van der Waals surface area contributed by atoms with Crippen LogP contribution in [0.2, 0.25) is 5.02 Å². The van der Waals surface area contributed by atoms with Crippen LogP contribution in [0.5, 0.6) is 5.75 Å². The van der Waals surface area contributed by atoms with Gasteiger partial charge in [0, 0.05) is 55.8 Å². The maximum atomic E-state index is 16.3. The fraction of sp³-hybridized carbons (Fsp3) is 0.357. The number of hydrogen-bond acceptors (Lipinski definition) is 13. The minimum absolute atomic E-state index is 0.0266. The van der Waals surface area contributed by atoms with Gasteiger partial charge in [-0.25, -0.2) is 18.7 Å². The summed E-state index contributed by atoms with van der Waals surface area (Å²) < 4.78 is 54.2. The molecule has 3 aromatic carbocycles. The number of nitrogens with one attached hydrogen (secondary N) is 2. The predicted molar refractivity (Wildman–Crippen MR) is 218 cm³/mol. The number of aromatic nitrogens is 2. The van der Waals surface area contributed by atoms with Crippen LogP contribution >= 0.6 is 11.6 Å². The van der Waals surface area contributed by atoms with Crippen LogP contribution in [-0.2, 0) is 28.6 Å². The number of ether oxygens (including phenoxy) is 4. The van der Waals surface area contributed by atoms with E-state index >= 15 is 8.78 Å². The van der Waals surface area contributed by atoms with Crippen molar-refractivity contribution < 1.29 is 51.7 Å². The van der Waals surface area contributed by atoms with Crippen molar-refractivity contribution in [2.24, 2.45) is 0 Å². The molecule has 2 saturated heterocycles. The number of imide groups is 2. The van der Waals surface area contributed by atoms with Crippen molar-refractivity contribution in [3.8, 4) is 16.9 Å². The molecule has 0 aliphatic carbocycles. The summed E-state index contributed by atoms with van der Waals surface area (Å²) in [5, 5.41) is 5.62. The van der Waals surface area contributed by atoms with E-state index in [1.807, 2.05) is 4.90 Å². The van der Waals surface area contributed by atoms with Gasteiger partial charge in [-0.3, -0.25) is 34.2 Å². The van der Waals surface area contributed by atoms with E-state index in [0.717, 1.165) is 4.90 Å². The van der Waals surface area contributed by atoms with Gasteiger partial charge >= 0.3 is 0 Å². The standard InChI is InChI=1S/C42H42ClF2N7O9/c1-2-34(54)50-11-13-51(14-12-50)39-28-23-29(43)35(37(45)38(28)47-24-48-39)36-30(44)4-3-5-32(36)61-21-20-60-19-18-59-17-16-58-15-10-46-25-6-7-26-27(22-25)42(57)52(41(26)56)31-8-9-33(53)49-40(31)55/h2-7,22-24,31,46H,1,8-21H2,(H,49,53,55). The summed E-state index contributed by atoms with van der Waals surface area (Å²) in [6.07, 6.45) is 2.63. The van der Waals surface area contributed by atoms with Crippen LogP contribution < -0.4 is 20.3 Å². The van der Waals surface area contributed by atoms with Crippen molar-refractivity contribution in [1.29, 1.82) is 0 Å². The lowest BCUT2D eigenvalue weighted by atomic mass is 10.0. The van der Waals surface area contributed by atoms with Crippen molar-refractivity contribution in [3.63, 3.8) is 0 Å². The van der Waals surface area contributed by atoms with Crippen molar-refractivity contribution in [3.05, 3.63) is 89.2 Å². The Hall–Kier alpha value is -6.08. The SMILES string of the molecule is C=CC(=O)N1CCN(c2ncnc3c(F)c(-c4c(F)cccc4OCCOCCOCCOCCNc4ccc5c(c4)C(=O)N(C4CCC(=O)NC4=O)C5=O)c(Cl)cc23)CC1. The zero-order chi connectivity index (χ0) is 43.0. The number of amides is 5. The molecule has 1 atom stereocenters. The van der Waals surface area contributed by atoms with Crippen LogP contribution in [0.25, 0.3) is 22.0 Å². The summed E-state index contributed by atoms with van der Waals surface area (Å²) in [7, 11) is 0. The zero-order valence-corrected chi connectivity index (χ0v) is 33.7. The molecule has 0 radical (unpaired) electrons. The molecule has 0 spiro atoms. The van der Waals surface area contributed by atoms with Crippen LogP contribution in [0.3, 0.4) is 0 Å². The van der Waals surface area contributed by atoms with Gasteiger partial charge in [0.25, 0.3) is 11.8 Å². The molecule has 1 unspecified atom stereocenters. The molecular formula is C42H42ClF2N7O9. The van der Waals surface area contributed by atoms with E-state index < -0.39 is 41.3 Å².